The highest BCUT2D eigenvalue weighted by Crippen LogP contribution is 2.33. The third-order valence-electron chi connectivity index (χ3n) is 7.90. The topological polar surface area (TPSA) is 99.0 Å². The standard InChI is InChI=1S/C28H58NO6P/c1-3-4-5-6-7-8-9-10-11-12-13-14-15-16-17-20-23-34-26-28(30)24-27(25-35-36(31,32)33)29(2)21-18-19-22-29/h27-28,30H,3-26H2,1-2H3,(H-,31,32,33). The summed E-state index contributed by atoms with van der Waals surface area (Å²) in [6.07, 6.45) is 23.3. The SMILES string of the molecule is CCCCCCCCCCCCCCCCCCOCC(O)CC(COP(=O)([O-])O)[N+]1(C)CCCC1. The van der Waals surface area contributed by atoms with E-state index in [4.69, 9.17) is 14.2 Å². The Balaban J connectivity index is 1.96. The molecule has 0 bridgehead atoms. The van der Waals surface area contributed by atoms with Gasteiger partial charge in [0.25, 0.3) is 7.82 Å². The lowest BCUT2D eigenvalue weighted by Gasteiger charge is -2.39. The number of ether oxygens (including phenoxy) is 1. The summed E-state index contributed by atoms with van der Waals surface area (Å²) in [5, 5.41) is 10.5. The molecule has 2 N–H and O–H groups in total. The van der Waals surface area contributed by atoms with Gasteiger partial charge >= 0.3 is 0 Å². The summed E-state index contributed by atoms with van der Waals surface area (Å²) in [5.74, 6) is 0. The zero-order valence-corrected chi connectivity index (χ0v) is 24.4. The molecular formula is C28H58NO6P. The van der Waals surface area contributed by atoms with Crippen LogP contribution in [0.2, 0.25) is 0 Å². The molecular weight excluding hydrogens is 477 g/mol. The number of rotatable bonds is 25. The molecule has 0 spiro atoms. The first-order valence-corrected chi connectivity index (χ1v) is 16.5. The van der Waals surface area contributed by atoms with E-state index in [2.05, 4.69) is 14.0 Å². The quantitative estimate of drug-likeness (QED) is 0.0832. The summed E-state index contributed by atoms with van der Waals surface area (Å²) in [5.41, 5.74) is 0. The molecule has 7 nitrogen and oxygen atoms in total. The molecule has 0 radical (unpaired) electrons. The molecule has 8 heteroatoms. The van der Waals surface area contributed by atoms with Gasteiger partial charge in [-0.15, -0.1) is 0 Å². The van der Waals surface area contributed by atoms with Gasteiger partial charge in [-0.1, -0.05) is 103 Å². The van der Waals surface area contributed by atoms with Crippen LogP contribution in [0.3, 0.4) is 0 Å². The maximum absolute atomic E-state index is 11.1. The Morgan fingerprint density at radius 1 is 0.806 bits per heavy atom. The fourth-order valence-electron chi connectivity index (χ4n) is 5.46. The Hall–Kier alpha value is -0.0100. The Morgan fingerprint density at radius 2 is 1.25 bits per heavy atom. The van der Waals surface area contributed by atoms with Crippen molar-refractivity contribution >= 4 is 7.82 Å². The van der Waals surface area contributed by atoms with Crippen molar-refractivity contribution in [3.63, 3.8) is 0 Å². The molecule has 3 atom stereocenters. The maximum Gasteiger partial charge on any atom is 0.265 e. The largest absolute Gasteiger partial charge is 0.756 e. The third kappa shape index (κ3) is 18.3. The van der Waals surface area contributed by atoms with Crippen LogP contribution >= 0.6 is 7.82 Å². The maximum atomic E-state index is 11.1. The van der Waals surface area contributed by atoms with Gasteiger partial charge in [0.15, 0.2) is 0 Å². The fraction of sp³-hybridized carbons (Fsp3) is 1.00. The average molecular weight is 536 g/mol. The van der Waals surface area contributed by atoms with Gasteiger partial charge in [-0.25, -0.2) is 0 Å². The van der Waals surface area contributed by atoms with Gasteiger partial charge in [-0.2, -0.15) is 0 Å². The van der Waals surface area contributed by atoms with Crippen LogP contribution in [-0.2, 0) is 13.8 Å². The minimum Gasteiger partial charge on any atom is -0.756 e. The number of phosphoric ester groups is 1. The molecule has 0 aliphatic carbocycles. The monoisotopic (exact) mass is 535 g/mol. The van der Waals surface area contributed by atoms with Gasteiger partial charge in [0.05, 0.1) is 32.8 Å². The van der Waals surface area contributed by atoms with Gasteiger partial charge < -0.3 is 28.6 Å². The molecule has 0 aromatic heterocycles. The molecule has 3 unspecified atom stereocenters. The van der Waals surface area contributed by atoms with Crippen LogP contribution in [0.4, 0.5) is 0 Å². The summed E-state index contributed by atoms with van der Waals surface area (Å²) in [4.78, 5) is 20.0. The van der Waals surface area contributed by atoms with Crippen LogP contribution in [0.1, 0.15) is 129 Å². The number of nitrogens with zero attached hydrogens (tertiary/aromatic N) is 1. The highest BCUT2D eigenvalue weighted by molar-refractivity contribution is 7.44. The van der Waals surface area contributed by atoms with Crippen LogP contribution < -0.4 is 4.89 Å². The van der Waals surface area contributed by atoms with E-state index in [1.54, 1.807) is 0 Å². The van der Waals surface area contributed by atoms with Crippen molar-refractivity contribution in [3.05, 3.63) is 0 Å². The van der Waals surface area contributed by atoms with Crippen LogP contribution in [-0.4, -0.2) is 66.6 Å². The van der Waals surface area contributed by atoms with E-state index in [1.807, 2.05) is 0 Å². The van der Waals surface area contributed by atoms with Crippen LogP contribution in [0.15, 0.2) is 0 Å². The van der Waals surface area contributed by atoms with E-state index in [9.17, 15) is 14.6 Å². The second-order valence-corrected chi connectivity index (χ2v) is 12.5. The first-order chi connectivity index (χ1) is 17.3. The van der Waals surface area contributed by atoms with Crippen molar-refractivity contribution in [3.8, 4) is 0 Å². The summed E-state index contributed by atoms with van der Waals surface area (Å²) >= 11 is 0. The molecule has 1 aliphatic heterocycles. The van der Waals surface area contributed by atoms with E-state index < -0.39 is 13.9 Å². The van der Waals surface area contributed by atoms with Gasteiger partial charge in [0.1, 0.15) is 12.6 Å². The Kier molecular flexibility index (Phi) is 19.7. The molecule has 36 heavy (non-hydrogen) atoms. The first-order valence-electron chi connectivity index (χ1n) is 15.0. The molecule has 0 aromatic carbocycles. The van der Waals surface area contributed by atoms with E-state index in [0.717, 1.165) is 38.8 Å². The average Bonchev–Trinajstić information content (AvgIpc) is 3.27. The van der Waals surface area contributed by atoms with Gasteiger partial charge in [-0.3, -0.25) is 4.57 Å². The number of likely N-dealkylation sites (N-methyl/N-ethyl adjacent to an activating group) is 1. The lowest BCUT2D eigenvalue weighted by molar-refractivity contribution is -0.923. The van der Waals surface area contributed by atoms with Gasteiger partial charge in [0.2, 0.25) is 0 Å². The number of phosphoric acid groups is 1. The highest BCUT2D eigenvalue weighted by Gasteiger charge is 2.37. The molecule has 0 saturated carbocycles. The summed E-state index contributed by atoms with van der Waals surface area (Å²) in [6, 6.07) is -0.184. The zero-order chi connectivity index (χ0) is 26.5. The first kappa shape index (κ1) is 34.0. The summed E-state index contributed by atoms with van der Waals surface area (Å²) in [7, 11) is -2.70. The summed E-state index contributed by atoms with van der Waals surface area (Å²) in [6.45, 7) is 4.92. The van der Waals surface area contributed by atoms with Crippen LogP contribution in [0, 0.1) is 0 Å². The number of aliphatic hydroxyl groups is 1. The number of likely N-dealkylation sites (tertiary alicyclic amines) is 1. The Bertz CT molecular complexity index is 552. The fourth-order valence-corrected chi connectivity index (χ4v) is 5.82. The highest BCUT2D eigenvalue weighted by atomic mass is 31.2. The second-order valence-electron chi connectivity index (χ2n) is 11.3. The minimum absolute atomic E-state index is 0.107. The number of quaternary nitrogens is 1. The van der Waals surface area contributed by atoms with Crippen molar-refractivity contribution in [1.29, 1.82) is 0 Å². The Morgan fingerprint density at radius 3 is 1.69 bits per heavy atom. The Labute approximate surface area is 222 Å². The smallest absolute Gasteiger partial charge is 0.265 e. The van der Waals surface area contributed by atoms with Crippen LogP contribution in [0.5, 0.6) is 0 Å². The number of aliphatic hydroxyl groups excluding tert-OH is 1. The van der Waals surface area contributed by atoms with Gasteiger partial charge in [0, 0.05) is 25.9 Å². The van der Waals surface area contributed by atoms with Crippen molar-refractivity contribution in [1.82, 2.24) is 0 Å². The second kappa shape index (κ2) is 20.9. The van der Waals surface area contributed by atoms with Gasteiger partial charge in [-0.05, 0) is 6.42 Å². The predicted molar refractivity (Wildman–Crippen MR) is 146 cm³/mol. The zero-order valence-electron chi connectivity index (χ0n) is 23.5. The molecule has 0 aromatic rings. The molecule has 1 heterocycles. The van der Waals surface area contributed by atoms with E-state index in [1.165, 1.54) is 89.9 Å². The number of unbranched alkanes of at least 4 members (excludes halogenated alkanes) is 15. The number of hydrogen-bond acceptors (Lipinski definition) is 5. The van der Waals surface area contributed by atoms with E-state index in [0.29, 0.717) is 17.5 Å². The van der Waals surface area contributed by atoms with Crippen molar-refractivity contribution < 1.29 is 33.2 Å². The molecule has 1 rings (SSSR count). The molecule has 0 amide bonds. The molecule has 216 valence electrons. The summed E-state index contributed by atoms with van der Waals surface area (Å²) < 4.78 is 22.1. The lowest BCUT2D eigenvalue weighted by Crippen LogP contribution is -2.53. The minimum atomic E-state index is -4.76. The van der Waals surface area contributed by atoms with Crippen molar-refractivity contribution in [2.24, 2.45) is 0 Å². The van der Waals surface area contributed by atoms with Crippen LogP contribution in [0.25, 0.3) is 0 Å². The third-order valence-corrected chi connectivity index (χ3v) is 8.37. The molecule has 1 saturated heterocycles. The number of hydrogen-bond donors (Lipinski definition) is 2. The van der Waals surface area contributed by atoms with Crippen molar-refractivity contribution in [2.45, 2.75) is 141 Å². The normalized spacial score (nSPS) is 18.8. The van der Waals surface area contributed by atoms with E-state index in [-0.39, 0.29) is 19.3 Å². The van der Waals surface area contributed by atoms with Crippen molar-refractivity contribution in [2.75, 3.05) is 40.0 Å². The van der Waals surface area contributed by atoms with E-state index >= 15 is 0 Å². The molecule has 1 fully saturated rings. The predicted octanol–water partition coefficient (Wildman–Crippen LogP) is 6.10. The molecule has 1 aliphatic rings. The lowest BCUT2D eigenvalue weighted by atomic mass is 10.0.